The molecule has 3 aromatic carbocycles. The van der Waals surface area contributed by atoms with E-state index in [4.69, 9.17) is 4.74 Å². The van der Waals surface area contributed by atoms with Gasteiger partial charge in [0.15, 0.2) is 0 Å². The number of methoxy groups -OCH3 is 1. The third-order valence-corrected chi connectivity index (χ3v) is 7.96. The monoisotopic (exact) mass is 537 g/mol. The van der Waals surface area contributed by atoms with Gasteiger partial charge in [0.25, 0.3) is 10.0 Å². The van der Waals surface area contributed by atoms with Crippen molar-refractivity contribution >= 4 is 27.5 Å². The van der Waals surface area contributed by atoms with Gasteiger partial charge in [-0.25, -0.2) is 8.42 Å². The molecule has 3 aromatic rings. The van der Waals surface area contributed by atoms with Gasteiger partial charge >= 0.3 is 0 Å². The number of hydrogen-bond acceptors (Lipinski definition) is 5. The molecule has 0 aliphatic rings. The summed E-state index contributed by atoms with van der Waals surface area (Å²) >= 11 is 0. The maximum atomic E-state index is 13.9. The number of hydrogen-bond donors (Lipinski definition) is 1. The van der Waals surface area contributed by atoms with Gasteiger partial charge in [0.2, 0.25) is 11.8 Å². The van der Waals surface area contributed by atoms with E-state index in [9.17, 15) is 18.0 Å². The molecule has 8 nitrogen and oxygen atoms in total. The summed E-state index contributed by atoms with van der Waals surface area (Å²) in [6.45, 7) is 3.83. The summed E-state index contributed by atoms with van der Waals surface area (Å²) in [4.78, 5) is 28.4. The Balaban J connectivity index is 2.03. The van der Waals surface area contributed by atoms with Gasteiger partial charge in [-0.3, -0.25) is 13.9 Å². The van der Waals surface area contributed by atoms with Gasteiger partial charge in [0, 0.05) is 13.1 Å². The van der Waals surface area contributed by atoms with E-state index in [1.165, 1.54) is 24.1 Å². The molecule has 0 aliphatic heterocycles. The van der Waals surface area contributed by atoms with Gasteiger partial charge in [-0.1, -0.05) is 67.6 Å². The molecule has 0 heterocycles. The number of amides is 2. The molecule has 2 amide bonds. The van der Waals surface area contributed by atoms with Crippen LogP contribution in [0.25, 0.3) is 0 Å². The van der Waals surface area contributed by atoms with E-state index in [1.54, 1.807) is 42.5 Å². The number of sulfonamides is 1. The minimum Gasteiger partial charge on any atom is -0.495 e. The molecule has 0 aromatic heterocycles. The van der Waals surface area contributed by atoms with Crippen LogP contribution in [0.4, 0.5) is 5.69 Å². The maximum absolute atomic E-state index is 13.9. The number of benzene rings is 3. The fourth-order valence-electron chi connectivity index (χ4n) is 4.26. The predicted molar refractivity (Wildman–Crippen MR) is 149 cm³/mol. The van der Waals surface area contributed by atoms with Crippen molar-refractivity contribution in [1.82, 2.24) is 10.2 Å². The van der Waals surface area contributed by atoms with Gasteiger partial charge in [0.05, 0.1) is 17.7 Å². The van der Waals surface area contributed by atoms with Gasteiger partial charge < -0.3 is 15.0 Å². The molecule has 1 N–H and O–H groups in total. The van der Waals surface area contributed by atoms with Crippen LogP contribution in [0.1, 0.15) is 25.8 Å². The minimum atomic E-state index is -4.14. The molecule has 0 fully saturated rings. The zero-order chi connectivity index (χ0) is 27.5. The SMILES string of the molecule is CCNC(=O)C(CC)N(CCc1ccccc1)C(=O)CN(c1ccccc1OC)S(=O)(=O)c1ccccc1. The number of carbonyl (C=O) groups is 2. The highest BCUT2D eigenvalue weighted by molar-refractivity contribution is 7.92. The van der Waals surface area contributed by atoms with Crippen molar-refractivity contribution in [3.63, 3.8) is 0 Å². The topological polar surface area (TPSA) is 96.0 Å². The van der Waals surface area contributed by atoms with Gasteiger partial charge in [-0.2, -0.15) is 0 Å². The Hall–Kier alpha value is -3.85. The van der Waals surface area contributed by atoms with Crippen LogP contribution in [0.5, 0.6) is 5.75 Å². The van der Waals surface area contributed by atoms with Crippen molar-refractivity contribution in [2.75, 3.05) is 31.0 Å². The second-order valence-electron chi connectivity index (χ2n) is 8.64. The van der Waals surface area contributed by atoms with Crippen molar-refractivity contribution < 1.29 is 22.7 Å². The summed E-state index contributed by atoms with van der Waals surface area (Å²) in [5.74, 6) is -0.443. The molecule has 0 spiro atoms. The summed E-state index contributed by atoms with van der Waals surface area (Å²) in [6, 6.07) is 23.5. The number of para-hydroxylation sites is 2. The molecule has 0 radical (unpaired) electrons. The average Bonchev–Trinajstić information content (AvgIpc) is 2.94. The average molecular weight is 538 g/mol. The van der Waals surface area contributed by atoms with E-state index in [0.29, 0.717) is 25.1 Å². The van der Waals surface area contributed by atoms with Crippen molar-refractivity contribution in [3.8, 4) is 5.75 Å². The highest BCUT2D eigenvalue weighted by atomic mass is 32.2. The molecule has 0 aliphatic carbocycles. The number of ether oxygens (including phenoxy) is 1. The van der Waals surface area contributed by atoms with E-state index >= 15 is 0 Å². The number of rotatable bonds is 13. The largest absolute Gasteiger partial charge is 0.495 e. The third-order valence-electron chi connectivity index (χ3n) is 6.19. The predicted octanol–water partition coefficient (Wildman–Crippen LogP) is 3.88. The van der Waals surface area contributed by atoms with Crippen molar-refractivity contribution in [2.24, 2.45) is 0 Å². The summed E-state index contributed by atoms with van der Waals surface area (Å²) in [6.07, 6.45) is 0.898. The summed E-state index contributed by atoms with van der Waals surface area (Å²) in [7, 11) is -2.69. The molecule has 202 valence electrons. The van der Waals surface area contributed by atoms with E-state index in [2.05, 4.69) is 5.32 Å². The summed E-state index contributed by atoms with van der Waals surface area (Å²) in [5, 5.41) is 2.80. The van der Waals surface area contributed by atoms with Gasteiger partial charge in [-0.05, 0) is 49.6 Å². The van der Waals surface area contributed by atoms with Crippen LogP contribution in [0.3, 0.4) is 0 Å². The first kappa shape index (κ1) is 28.7. The first-order valence-corrected chi connectivity index (χ1v) is 14.1. The summed E-state index contributed by atoms with van der Waals surface area (Å²) in [5.41, 5.74) is 1.25. The quantitative estimate of drug-likeness (QED) is 0.357. The Kier molecular flexibility index (Phi) is 10.3. The highest BCUT2D eigenvalue weighted by Crippen LogP contribution is 2.32. The number of anilines is 1. The lowest BCUT2D eigenvalue weighted by Crippen LogP contribution is -2.53. The van der Waals surface area contributed by atoms with Crippen LogP contribution < -0.4 is 14.4 Å². The standard InChI is InChI=1S/C29H35N3O5S/c1-4-25(29(34)30-5-2)31(21-20-23-14-8-6-9-15-23)28(33)22-32(26-18-12-13-19-27(26)37-3)38(35,36)24-16-10-7-11-17-24/h6-19,25H,4-5,20-22H2,1-3H3,(H,30,34). The van der Waals surface area contributed by atoms with Gasteiger partial charge in [-0.15, -0.1) is 0 Å². The Morgan fingerprint density at radius 1 is 0.895 bits per heavy atom. The van der Waals surface area contributed by atoms with E-state index < -0.39 is 28.5 Å². The molecular formula is C29H35N3O5S. The Morgan fingerprint density at radius 2 is 1.50 bits per heavy atom. The third kappa shape index (κ3) is 6.92. The van der Waals surface area contributed by atoms with Crippen LogP contribution in [0.2, 0.25) is 0 Å². The number of nitrogens with one attached hydrogen (secondary N) is 1. The van der Waals surface area contributed by atoms with Gasteiger partial charge in [0.1, 0.15) is 18.3 Å². The van der Waals surface area contributed by atoms with E-state index in [-0.39, 0.29) is 23.0 Å². The Bertz CT molecular complexity index is 1300. The van der Waals surface area contributed by atoms with Crippen LogP contribution in [0, 0.1) is 0 Å². The molecule has 38 heavy (non-hydrogen) atoms. The molecular weight excluding hydrogens is 502 g/mol. The number of likely N-dealkylation sites (N-methyl/N-ethyl adjacent to an activating group) is 1. The summed E-state index contributed by atoms with van der Waals surface area (Å²) < 4.78 is 34.2. The zero-order valence-electron chi connectivity index (χ0n) is 22.0. The Labute approximate surface area is 225 Å². The van der Waals surface area contributed by atoms with E-state index in [1.807, 2.05) is 44.2 Å². The minimum absolute atomic E-state index is 0.0466. The lowest BCUT2D eigenvalue weighted by molar-refractivity contribution is -0.139. The normalized spacial score (nSPS) is 11.9. The maximum Gasteiger partial charge on any atom is 0.264 e. The lowest BCUT2D eigenvalue weighted by atomic mass is 10.1. The first-order valence-electron chi connectivity index (χ1n) is 12.6. The zero-order valence-corrected chi connectivity index (χ0v) is 22.9. The van der Waals surface area contributed by atoms with Crippen LogP contribution in [-0.2, 0) is 26.0 Å². The van der Waals surface area contributed by atoms with Crippen LogP contribution in [-0.4, -0.2) is 57.9 Å². The fourth-order valence-corrected chi connectivity index (χ4v) is 5.70. The van der Waals surface area contributed by atoms with Crippen molar-refractivity contribution in [3.05, 3.63) is 90.5 Å². The highest BCUT2D eigenvalue weighted by Gasteiger charge is 2.34. The second-order valence-corrected chi connectivity index (χ2v) is 10.5. The molecule has 1 unspecified atom stereocenters. The second kappa shape index (κ2) is 13.6. The molecule has 9 heteroatoms. The molecule has 0 bridgehead atoms. The fraction of sp³-hybridized carbons (Fsp3) is 0.310. The Morgan fingerprint density at radius 3 is 2.11 bits per heavy atom. The smallest absolute Gasteiger partial charge is 0.264 e. The number of nitrogens with zero attached hydrogens (tertiary/aromatic N) is 2. The molecule has 1 atom stereocenters. The molecule has 0 saturated carbocycles. The number of carbonyl (C=O) groups excluding carboxylic acids is 2. The van der Waals surface area contributed by atoms with Crippen LogP contribution in [0.15, 0.2) is 89.8 Å². The first-order chi connectivity index (χ1) is 18.3. The van der Waals surface area contributed by atoms with Crippen molar-refractivity contribution in [1.29, 1.82) is 0 Å². The lowest BCUT2D eigenvalue weighted by Gasteiger charge is -2.33. The van der Waals surface area contributed by atoms with Crippen molar-refractivity contribution in [2.45, 2.75) is 37.6 Å². The van der Waals surface area contributed by atoms with E-state index in [0.717, 1.165) is 9.87 Å². The molecule has 0 saturated heterocycles. The molecule has 3 rings (SSSR count). The van der Waals surface area contributed by atoms with Crippen LogP contribution >= 0.6 is 0 Å².